The summed E-state index contributed by atoms with van der Waals surface area (Å²) in [6.07, 6.45) is 1.95. The van der Waals surface area contributed by atoms with Gasteiger partial charge in [0, 0.05) is 18.1 Å². The monoisotopic (exact) mass is 442 g/mol. The number of rotatable bonds is 7. The second-order valence-corrected chi connectivity index (χ2v) is 9.41. The molecule has 2 aromatic rings. The average molecular weight is 443 g/mol. The zero-order valence-electron chi connectivity index (χ0n) is 19.4. The maximum absolute atomic E-state index is 13.1. The summed E-state index contributed by atoms with van der Waals surface area (Å²) in [5.74, 6) is 1.41. The van der Waals surface area contributed by atoms with Crippen molar-refractivity contribution in [3.8, 4) is 5.75 Å². The molecule has 0 aromatic heterocycles. The molecule has 2 aromatic carbocycles. The summed E-state index contributed by atoms with van der Waals surface area (Å²) in [5.41, 5.74) is 4.58. The van der Waals surface area contributed by atoms with Gasteiger partial charge in [-0.2, -0.15) is 0 Å². The van der Waals surface area contributed by atoms with E-state index in [1.165, 1.54) is 5.56 Å². The Labute approximate surface area is 191 Å². The molecule has 3 rings (SSSR count). The Morgan fingerprint density at radius 3 is 2.65 bits per heavy atom. The molecular weight excluding hydrogens is 408 g/mol. The first kappa shape index (κ1) is 23.6. The standard InChI is InChI=1S/C26H35ClN2O2/c1-17(2)22-14-23(18(3)13-25(22)31-5)19(4)28-26(30)21-10-8-12-29(16-21)15-20-9-6-7-11-24(20)27/h6-7,9,11,13-14,17,19,21H,8,10,12,15-16H2,1-5H3,(H,28,30)/t19-,21-/m1/s1. The molecule has 1 fully saturated rings. The lowest BCUT2D eigenvalue weighted by Gasteiger charge is -2.33. The van der Waals surface area contributed by atoms with Crippen LogP contribution in [0.2, 0.25) is 5.02 Å². The number of aryl methyl sites for hydroxylation is 1. The van der Waals surface area contributed by atoms with Crippen LogP contribution < -0.4 is 10.1 Å². The third-order valence-electron chi connectivity index (χ3n) is 6.29. The molecule has 1 N–H and O–H groups in total. The minimum absolute atomic E-state index is 0.00168. The lowest BCUT2D eigenvalue weighted by atomic mass is 9.92. The molecule has 1 amide bonds. The number of hydrogen-bond acceptors (Lipinski definition) is 3. The van der Waals surface area contributed by atoms with Crippen LogP contribution in [0.5, 0.6) is 5.75 Å². The Hall–Kier alpha value is -2.04. The van der Waals surface area contributed by atoms with E-state index in [1.54, 1.807) is 7.11 Å². The van der Waals surface area contributed by atoms with Gasteiger partial charge >= 0.3 is 0 Å². The van der Waals surface area contributed by atoms with Crippen molar-refractivity contribution in [2.75, 3.05) is 20.2 Å². The second-order valence-electron chi connectivity index (χ2n) is 9.00. The Morgan fingerprint density at radius 1 is 1.23 bits per heavy atom. The van der Waals surface area contributed by atoms with Gasteiger partial charge in [-0.25, -0.2) is 0 Å². The SMILES string of the molecule is COc1cc(C)c([C@@H](C)NC(=O)[C@@H]2CCCN(Cc3ccccc3Cl)C2)cc1C(C)C. The van der Waals surface area contributed by atoms with Gasteiger partial charge in [0.15, 0.2) is 0 Å². The quantitative estimate of drug-likeness (QED) is 0.583. The van der Waals surface area contributed by atoms with Crippen LogP contribution in [0.25, 0.3) is 0 Å². The zero-order chi connectivity index (χ0) is 22.5. The van der Waals surface area contributed by atoms with Gasteiger partial charge in [0.2, 0.25) is 5.91 Å². The molecule has 0 bridgehead atoms. The van der Waals surface area contributed by atoms with E-state index in [2.05, 4.69) is 56.1 Å². The Morgan fingerprint density at radius 2 is 1.97 bits per heavy atom. The Balaban J connectivity index is 1.67. The van der Waals surface area contributed by atoms with E-state index in [9.17, 15) is 4.79 Å². The molecule has 0 saturated carbocycles. The molecule has 0 aliphatic carbocycles. The maximum Gasteiger partial charge on any atom is 0.224 e. The molecule has 4 nitrogen and oxygen atoms in total. The number of amides is 1. The number of hydrogen-bond donors (Lipinski definition) is 1. The normalized spacial score (nSPS) is 18.1. The first-order chi connectivity index (χ1) is 14.8. The number of methoxy groups -OCH3 is 1. The average Bonchev–Trinajstić information content (AvgIpc) is 2.75. The highest BCUT2D eigenvalue weighted by Gasteiger charge is 2.27. The van der Waals surface area contributed by atoms with Crippen molar-refractivity contribution < 1.29 is 9.53 Å². The molecular formula is C26H35ClN2O2. The van der Waals surface area contributed by atoms with Crippen LogP contribution in [0.4, 0.5) is 0 Å². The highest BCUT2D eigenvalue weighted by atomic mass is 35.5. The molecule has 1 aliphatic heterocycles. The summed E-state index contributed by atoms with van der Waals surface area (Å²) in [6, 6.07) is 12.2. The summed E-state index contributed by atoms with van der Waals surface area (Å²) in [7, 11) is 1.71. The number of nitrogens with zero attached hydrogens (tertiary/aromatic N) is 1. The molecule has 0 radical (unpaired) electrons. The molecule has 1 saturated heterocycles. The predicted molar refractivity (Wildman–Crippen MR) is 128 cm³/mol. The molecule has 31 heavy (non-hydrogen) atoms. The van der Waals surface area contributed by atoms with Gasteiger partial charge in [-0.05, 0) is 79.6 Å². The first-order valence-electron chi connectivity index (χ1n) is 11.2. The molecule has 168 valence electrons. The van der Waals surface area contributed by atoms with E-state index in [0.717, 1.165) is 59.9 Å². The van der Waals surface area contributed by atoms with Gasteiger partial charge in [-0.3, -0.25) is 9.69 Å². The fraction of sp³-hybridized carbons (Fsp3) is 0.500. The summed E-state index contributed by atoms with van der Waals surface area (Å²) in [6.45, 7) is 11.0. The molecule has 0 spiro atoms. The van der Waals surface area contributed by atoms with Crippen LogP contribution >= 0.6 is 11.6 Å². The Bertz CT molecular complexity index is 912. The fourth-order valence-corrected chi connectivity index (χ4v) is 4.70. The van der Waals surface area contributed by atoms with Gasteiger partial charge in [-0.15, -0.1) is 0 Å². The van der Waals surface area contributed by atoms with Crippen LogP contribution in [0.15, 0.2) is 36.4 Å². The highest BCUT2D eigenvalue weighted by molar-refractivity contribution is 6.31. The second kappa shape index (κ2) is 10.5. The van der Waals surface area contributed by atoms with Crippen molar-refractivity contribution in [1.82, 2.24) is 10.2 Å². The van der Waals surface area contributed by atoms with Gasteiger partial charge in [0.05, 0.1) is 19.1 Å². The number of carbonyl (C=O) groups excluding carboxylic acids is 1. The van der Waals surface area contributed by atoms with Crippen molar-refractivity contribution in [1.29, 1.82) is 0 Å². The Kier molecular flexibility index (Phi) is 8.01. The van der Waals surface area contributed by atoms with Crippen LogP contribution in [0, 0.1) is 12.8 Å². The number of benzene rings is 2. The van der Waals surface area contributed by atoms with Gasteiger partial charge in [0.1, 0.15) is 5.75 Å². The summed E-state index contributed by atoms with van der Waals surface area (Å²) in [5, 5.41) is 4.06. The third kappa shape index (κ3) is 5.81. The lowest BCUT2D eigenvalue weighted by molar-refractivity contribution is -0.127. The largest absolute Gasteiger partial charge is 0.496 e. The van der Waals surface area contributed by atoms with Crippen molar-refractivity contribution in [3.63, 3.8) is 0 Å². The molecule has 1 heterocycles. The van der Waals surface area contributed by atoms with Crippen LogP contribution in [-0.4, -0.2) is 31.0 Å². The summed E-state index contributed by atoms with van der Waals surface area (Å²) in [4.78, 5) is 15.5. The number of carbonyl (C=O) groups is 1. The number of likely N-dealkylation sites (tertiary alicyclic amines) is 1. The number of nitrogens with one attached hydrogen (secondary N) is 1. The molecule has 5 heteroatoms. The number of piperidine rings is 1. The van der Waals surface area contributed by atoms with Gasteiger partial charge < -0.3 is 10.1 Å². The van der Waals surface area contributed by atoms with Crippen LogP contribution in [-0.2, 0) is 11.3 Å². The van der Waals surface area contributed by atoms with E-state index in [4.69, 9.17) is 16.3 Å². The zero-order valence-corrected chi connectivity index (χ0v) is 20.1. The van der Waals surface area contributed by atoms with E-state index in [-0.39, 0.29) is 17.9 Å². The molecule has 1 aliphatic rings. The lowest BCUT2D eigenvalue weighted by Crippen LogP contribution is -2.43. The third-order valence-corrected chi connectivity index (χ3v) is 6.66. The minimum Gasteiger partial charge on any atom is -0.496 e. The van der Waals surface area contributed by atoms with Crippen molar-refractivity contribution in [2.45, 2.75) is 59.0 Å². The molecule has 0 unspecified atom stereocenters. The topological polar surface area (TPSA) is 41.6 Å². The van der Waals surface area contributed by atoms with Crippen LogP contribution in [0.3, 0.4) is 0 Å². The number of ether oxygens (including phenoxy) is 1. The number of halogens is 1. The summed E-state index contributed by atoms with van der Waals surface area (Å²) >= 11 is 6.34. The van der Waals surface area contributed by atoms with E-state index in [1.807, 2.05) is 18.2 Å². The predicted octanol–water partition coefficient (Wildman–Crippen LogP) is 5.87. The smallest absolute Gasteiger partial charge is 0.224 e. The summed E-state index contributed by atoms with van der Waals surface area (Å²) < 4.78 is 5.57. The van der Waals surface area contributed by atoms with Crippen LogP contribution in [0.1, 0.15) is 67.8 Å². The van der Waals surface area contributed by atoms with Gasteiger partial charge in [-0.1, -0.05) is 43.6 Å². The van der Waals surface area contributed by atoms with Crippen molar-refractivity contribution >= 4 is 17.5 Å². The van der Waals surface area contributed by atoms with E-state index in [0.29, 0.717) is 5.92 Å². The minimum atomic E-state index is -0.0464. The fourth-order valence-electron chi connectivity index (χ4n) is 4.50. The van der Waals surface area contributed by atoms with Crippen molar-refractivity contribution in [3.05, 3.63) is 63.7 Å². The molecule has 2 atom stereocenters. The highest BCUT2D eigenvalue weighted by Crippen LogP contribution is 2.32. The maximum atomic E-state index is 13.1. The van der Waals surface area contributed by atoms with E-state index < -0.39 is 0 Å². The first-order valence-corrected chi connectivity index (χ1v) is 11.6. The van der Waals surface area contributed by atoms with Gasteiger partial charge in [0.25, 0.3) is 0 Å². The van der Waals surface area contributed by atoms with E-state index >= 15 is 0 Å². The van der Waals surface area contributed by atoms with Crippen molar-refractivity contribution in [2.24, 2.45) is 5.92 Å².